The summed E-state index contributed by atoms with van der Waals surface area (Å²) in [5.74, 6) is 1.07. The first-order valence-corrected chi connectivity index (χ1v) is 12.1. The minimum absolute atomic E-state index is 0.0520. The van der Waals surface area contributed by atoms with Gasteiger partial charge in [-0.05, 0) is 55.9 Å². The van der Waals surface area contributed by atoms with Crippen molar-refractivity contribution in [2.45, 2.75) is 63.4 Å². The van der Waals surface area contributed by atoms with Gasteiger partial charge < -0.3 is 19.3 Å². The summed E-state index contributed by atoms with van der Waals surface area (Å²) in [7, 11) is 0. The second-order valence-corrected chi connectivity index (χ2v) is 9.54. The van der Waals surface area contributed by atoms with Gasteiger partial charge in [0.25, 0.3) is 0 Å². The molecule has 0 N–H and O–H groups in total. The number of piperidine rings is 1. The summed E-state index contributed by atoms with van der Waals surface area (Å²) in [6, 6.07) is 5.83. The van der Waals surface area contributed by atoms with Crippen LogP contribution in [0.3, 0.4) is 0 Å². The number of hydrogen-bond donors (Lipinski definition) is 0. The van der Waals surface area contributed by atoms with Crippen molar-refractivity contribution in [3.8, 4) is 5.75 Å². The van der Waals surface area contributed by atoms with Crippen molar-refractivity contribution < 1.29 is 23.5 Å². The van der Waals surface area contributed by atoms with E-state index in [9.17, 15) is 14.0 Å². The summed E-state index contributed by atoms with van der Waals surface area (Å²) in [5.41, 5.74) is -0.896. The molecule has 1 saturated carbocycles. The van der Waals surface area contributed by atoms with Gasteiger partial charge >= 0.3 is 0 Å². The van der Waals surface area contributed by atoms with E-state index in [1.807, 2.05) is 9.80 Å². The molecule has 6 nitrogen and oxygen atoms in total. The second-order valence-electron chi connectivity index (χ2n) is 9.54. The van der Waals surface area contributed by atoms with E-state index in [-0.39, 0.29) is 30.7 Å². The zero-order valence-corrected chi connectivity index (χ0v) is 18.9. The van der Waals surface area contributed by atoms with Gasteiger partial charge in [0.1, 0.15) is 23.8 Å². The van der Waals surface area contributed by atoms with Gasteiger partial charge in [-0.1, -0.05) is 19.3 Å². The van der Waals surface area contributed by atoms with Crippen LogP contribution in [0.1, 0.15) is 57.8 Å². The fourth-order valence-corrected chi connectivity index (χ4v) is 4.85. The summed E-state index contributed by atoms with van der Waals surface area (Å²) >= 11 is 0. The molecular weight excluding hydrogens is 411 g/mol. The highest BCUT2D eigenvalue weighted by Crippen LogP contribution is 2.31. The molecule has 176 valence electrons. The first-order valence-electron chi connectivity index (χ1n) is 12.1. The van der Waals surface area contributed by atoms with Crippen molar-refractivity contribution in [1.82, 2.24) is 9.80 Å². The van der Waals surface area contributed by atoms with Crippen molar-refractivity contribution in [3.63, 3.8) is 0 Å². The molecule has 2 aliphatic heterocycles. The van der Waals surface area contributed by atoms with E-state index in [1.165, 1.54) is 31.4 Å². The maximum Gasteiger partial charge on any atom is 0.225 e. The Bertz CT molecular complexity index is 777. The first-order chi connectivity index (χ1) is 15.5. The summed E-state index contributed by atoms with van der Waals surface area (Å²) in [6.07, 6.45) is 8.63. The van der Waals surface area contributed by atoms with Crippen LogP contribution < -0.4 is 4.74 Å². The molecule has 0 spiro atoms. The Morgan fingerprint density at radius 3 is 2.44 bits per heavy atom. The van der Waals surface area contributed by atoms with Crippen LogP contribution in [0, 0.1) is 11.7 Å². The van der Waals surface area contributed by atoms with E-state index in [4.69, 9.17) is 9.47 Å². The molecule has 2 saturated heterocycles. The van der Waals surface area contributed by atoms with Crippen LogP contribution in [0.2, 0.25) is 0 Å². The number of carbonyl (C=O) groups is 2. The van der Waals surface area contributed by atoms with Crippen LogP contribution in [-0.2, 0) is 14.3 Å². The van der Waals surface area contributed by atoms with Crippen molar-refractivity contribution in [1.29, 1.82) is 0 Å². The molecule has 0 aromatic heterocycles. The van der Waals surface area contributed by atoms with Crippen LogP contribution in [0.25, 0.3) is 0 Å². The highest BCUT2D eigenvalue weighted by molar-refractivity contribution is 5.79. The third kappa shape index (κ3) is 6.00. The average Bonchev–Trinajstić information content (AvgIpc) is 2.78. The maximum atomic E-state index is 13.3. The monoisotopic (exact) mass is 446 g/mol. The van der Waals surface area contributed by atoms with Gasteiger partial charge in [0.2, 0.25) is 11.8 Å². The van der Waals surface area contributed by atoms with E-state index >= 15 is 0 Å². The van der Waals surface area contributed by atoms with Crippen molar-refractivity contribution in [2.24, 2.45) is 5.92 Å². The van der Waals surface area contributed by atoms with Crippen LogP contribution >= 0.6 is 0 Å². The van der Waals surface area contributed by atoms with Gasteiger partial charge in [-0.3, -0.25) is 9.59 Å². The van der Waals surface area contributed by atoms with Crippen molar-refractivity contribution in [2.75, 3.05) is 39.4 Å². The van der Waals surface area contributed by atoms with Crippen molar-refractivity contribution in [3.05, 3.63) is 30.1 Å². The SMILES string of the molecule is O=C(CC1(COc2ccc(F)cc2)CN(C(=O)CCC2CCC2)CCO1)N1CCCCC1. The zero-order chi connectivity index (χ0) is 22.4. The molecule has 0 bridgehead atoms. The number of halogens is 1. The predicted octanol–water partition coefficient (Wildman–Crippen LogP) is 3.79. The molecule has 2 heterocycles. The second kappa shape index (κ2) is 10.6. The average molecular weight is 447 g/mol. The molecule has 1 aromatic carbocycles. The lowest BCUT2D eigenvalue weighted by Crippen LogP contribution is -2.58. The van der Waals surface area contributed by atoms with Crippen LogP contribution in [0.5, 0.6) is 5.75 Å². The number of benzene rings is 1. The quantitative estimate of drug-likeness (QED) is 0.610. The lowest BCUT2D eigenvalue weighted by atomic mass is 9.82. The third-order valence-corrected chi connectivity index (χ3v) is 7.09. The fourth-order valence-electron chi connectivity index (χ4n) is 4.85. The normalized spacial score (nSPS) is 24.2. The van der Waals surface area contributed by atoms with Gasteiger partial charge in [-0.15, -0.1) is 0 Å². The fraction of sp³-hybridized carbons (Fsp3) is 0.680. The molecule has 3 fully saturated rings. The number of amides is 2. The number of carbonyl (C=O) groups excluding carboxylic acids is 2. The van der Waals surface area contributed by atoms with E-state index in [2.05, 4.69) is 0 Å². The molecule has 32 heavy (non-hydrogen) atoms. The minimum Gasteiger partial charge on any atom is -0.490 e. The van der Waals surface area contributed by atoms with Gasteiger partial charge in [0.05, 0.1) is 19.6 Å². The Morgan fingerprint density at radius 2 is 1.75 bits per heavy atom. The molecule has 1 aromatic rings. The Morgan fingerprint density at radius 1 is 1.00 bits per heavy atom. The Labute approximate surface area is 190 Å². The molecule has 1 aliphatic carbocycles. The van der Waals surface area contributed by atoms with Gasteiger partial charge in [0.15, 0.2) is 0 Å². The predicted molar refractivity (Wildman–Crippen MR) is 119 cm³/mol. The van der Waals surface area contributed by atoms with E-state index in [0.717, 1.165) is 38.8 Å². The largest absolute Gasteiger partial charge is 0.490 e. The number of rotatable bonds is 8. The van der Waals surface area contributed by atoms with Gasteiger partial charge in [0, 0.05) is 26.1 Å². The van der Waals surface area contributed by atoms with E-state index < -0.39 is 5.60 Å². The molecule has 1 atom stereocenters. The van der Waals surface area contributed by atoms with Crippen LogP contribution in [0.15, 0.2) is 24.3 Å². The number of nitrogens with zero attached hydrogens (tertiary/aromatic N) is 2. The molecule has 1 unspecified atom stereocenters. The van der Waals surface area contributed by atoms with Crippen LogP contribution in [-0.4, -0.2) is 66.6 Å². The Hall–Kier alpha value is -2.15. The van der Waals surface area contributed by atoms with Crippen molar-refractivity contribution >= 4 is 11.8 Å². The highest BCUT2D eigenvalue weighted by atomic mass is 19.1. The van der Waals surface area contributed by atoms with Gasteiger partial charge in [-0.2, -0.15) is 0 Å². The number of likely N-dealkylation sites (tertiary alicyclic amines) is 1. The smallest absolute Gasteiger partial charge is 0.225 e. The first kappa shape index (κ1) is 23.0. The van der Waals surface area contributed by atoms with Gasteiger partial charge in [-0.25, -0.2) is 4.39 Å². The summed E-state index contributed by atoms with van der Waals surface area (Å²) in [5, 5.41) is 0. The summed E-state index contributed by atoms with van der Waals surface area (Å²) < 4.78 is 25.4. The Balaban J connectivity index is 1.43. The number of hydrogen-bond acceptors (Lipinski definition) is 4. The molecule has 3 aliphatic rings. The Kier molecular flexibility index (Phi) is 7.66. The van der Waals surface area contributed by atoms with E-state index in [1.54, 1.807) is 12.1 Å². The molecule has 0 radical (unpaired) electrons. The molecule has 2 amide bonds. The molecular formula is C25H35FN2O4. The topological polar surface area (TPSA) is 59.1 Å². The lowest BCUT2D eigenvalue weighted by molar-refractivity contribution is -0.166. The maximum absolute atomic E-state index is 13.3. The zero-order valence-electron chi connectivity index (χ0n) is 18.9. The molecule has 7 heteroatoms. The van der Waals surface area contributed by atoms with E-state index in [0.29, 0.717) is 37.8 Å². The highest BCUT2D eigenvalue weighted by Gasteiger charge is 2.42. The summed E-state index contributed by atoms with van der Waals surface area (Å²) in [6.45, 7) is 2.96. The lowest BCUT2D eigenvalue weighted by Gasteiger charge is -2.43. The summed E-state index contributed by atoms with van der Waals surface area (Å²) in [4.78, 5) is 29.8. The minimum atomic E-state index is -0.896. The molecule has 4 rings (SSSR count). The standard InChI is InChI=1S/C25H35FN2O4/c26-21-8-10-22(11-9-21)31-19-25(17-24(30)27-13-2-1-3-14-27)18-28(15-16-32-25)23(29)12-7-20-5-4-6-20/h8-11,20H,1-7,12-19H2. The number of morpholine rings is 1. The number of ether oxygens (including phenoxy) is 2. The third-order valence-electron chi connectivity index (χ3n) is 7.09. The van der Waals surface area contributed by atoms with Crippen LogP contribution in [0.4, 0.5) is 4.39 Å².